The number of alkyl halides is 2. The largest absolute Gasteiger partial charge is 0.435 e. The highest BCUT2D eigenvalue weighted by Crippen LogP contribution is 2.32. The van der Waals surface area contributed by atoms with E-state index in [4.69, 9.17) is 9.84 Å². The van der Waals surface area contributed by atoms with Crippen LogP contribution in [-0.4, -0.2) is 69.0 Å². The first-order valence-corrected chi connectivity index (χ1v) is 11.1. The predicted octanol–water partition coefficient (Wildman–Crippen LogP) is 4.02. The van der Waals surface area contributed by atoms with Crippen molar-refractivity contribution < 1.29 is 23.0 Å². The van der Waals surface area contributed by atoms with Crippen LogP contribution in [0.4, 0.5) is 13.6 Å². The molecule has 12 heteroatoms. The number of ether oxygens (including phenoxy) is 2. The molecule has 4 rings (SSSR count). The fourth-order valence-corrected chi connectivity index (χ4v) is 3.66. The van der Waals surface area contributed by atoms with E-state index in [9.17, 15) is 13.6 Å². The molecule has 0 radical (unpaired) electrons. The molecule has 0 bridgehead atoms. The molecule has 3 heterocycles. The van der Waals surface area contributed by atoms with Crippen molar-refractivity contribution in [3.63, 3.8) is 0 Å². The van der Waals surface area contributed by atoms with Crippen LogP contribution >= 0.6 is 0 Å². The Bertz CT molecular complexity index is 1330. The molecule has 0 aliphatic heterocycles. The number of fused-ring (bicyclic) bond motifs is 2. The zero-order valence-corrected chi connectivity index (χ0v) is 19.9. The monoisotopic (exact) mass is 487 g/mol. The van der Waals surface area contributed by atoms with Crippen molar-refractivity contribution in [1.29, 1.82) is 0 Å². The summed E-state index contributed by atoms with van der Waals surface area (Å²) in [5, 5.41) is 7.97. The van der Waals surface area contributed by atoms with E-state index in [-0.39, 0.29) is 17.5 Å². The van der Waals surface area contributed by atoms with Gasteiger partial charge in [-0.05, 0) is 59.1 Å². The summed E-state index contributed by atoms with van der Waals surface area (Å²) in [6, 6.07) is 4.61. The van der Waals surface area contributed by atoms with Crippen molar-refractivity contribution in [3.8, 4) is 22.9 Å². The molecule has 0 saturated carbocycles. The molecule has 186 valence electrons. The maximum Gasteiger partial charge on any atom is 0.412 e. The Balaban J connectivity index is 1.75. The number of halogens is 2. The lowest BCUT2D eigenvalue weighted by atomic mass is 10.1. The molecule has 0 unspecified atom stereocenters. The van der Waals surface area contributed by atoms with Crippen LogP contribution in [0.3, 0.4) is 0 Å². The summed E-state index contributed by atoms with van der Waals surface area (Å²) in [7, 11) is 3.98. The normalized spacial score (nSPS) is 11.8. The molecule has 4 aromatic rings. The highest BCUT2D eigenvalue weighted by molar-refractivity contribution is 5.94. The van der Waals surface area contributed by atoms with Crippen molar-refractivity contribution in [2.24, 2.45) is 0 Å². The minimum atomic E-state index is -2.95. The lowest BCUT2D eigenvalue weighted by Gasteiger charge is -2.09. The second-order valence-corrected chi connectivity index (χ2v) is 8.58. The smallest absolute Gasteiger partial charge is 0.412 e. The second-order valence-electron chi connectivity index (χ2n) is 8.58. The van der Waals surface area contributed by atoms with Crippen molar-refractivity contribution in [2.75, 3.05) is 20.6 Å². The van der Waals surface area contributed by atoms with Crippen molar-refractivity contribution >= 4 is 28.2 Å². The van der Waals surface area contributed by atoms with Gasteiger partial charge in [-0.15, -0.1) is 0 Å². The van der Waals surface area contributed by atoms with E-state index in [1.807, 2.05) is 32.6 Å². The van der Waals surface area contributed by atoms with Gasteiger partial charge in [-0.3, -0.25) is 4.68 Å². The second kappa shape index (κ2) is 10.2. The van der Waals surface area contributed by atoms with E-state index in [1.165, 1.54) is 24.5 Å². The zero-order chi connectivity index (χ0) is 25.1. The third-order valence-corrected chi connectivity index (χ3v) is 5.12. The van der Waals surface area contributed by atoms with Gasteiger partial charge in [-0.25, -0.2) is 14.8 Å². The maximum absolute atomic E-state index is 12.8. The molecule has 0 fully saturated rings. The lowest BCUT2D eigenvalue weighted by Crippen LogP contribution is -2.32. The van der Waals surface area contributed by atoms with Gasteiger partial charge in [0.1, 0.15) is 17.1 Å². The van der Waals surface area contributed by atoms with Crippen molar-refractivity contribution in [2.45, 2.75) is 39.5 Å². The number of rotatable bonds is 9. The van der Waals surface area contributed by atoms with Crippen LogP contribution in [0.5, 0.6) is 11.5 Å². The number of carbonyl (C=O) groups is 1. The number of benzene rings is 1. The quantitative estimate of drug-likeness (QED) is 0.367. The summed E-state index contributed by atoms with van der Waals surface area (Å²) in [6.07, 6.45) is 3.26. The standard InChI is InChI=1S/C23H27F2N7O3/c1-13(2)28-23(33)35-18-12-27-21-20(18)29-16(11-26-21)19-15-10-14(34-22(24)25)6-7-17(15)32(30-19)9-5-8-31(3)4/h6-7,10-13,22H,5,8-9H2,1-4H3,(H,26,27)(H,28,33). The number of amides is 1. The molecule has 10 nitrogen and oxygen atoms in total. The van der Waals surface area contributed by atoms with Crippen LogP contribution in [-0.2, 0) is 6.54 Å². The van der Waals surface area contributed by atoms with Gasteiger partial charge in [0.25, 0.3) is 0 Å². The van der Waals surface area contributed by atoms with Gasteiger partial charge in [0, 0.05) is 24.2 Å². The maximum atomic E-state index is 12.8. The highest BCUT2D eigenvalue weighted by Gasteiger charge is 2.19. The van der Waals surface area contributed by atoms with Crippen LogP contribution in [0.25, 0.3) is 33.5 Å². The van der Waals surface area contributed by atoms with Gasteiger partial charge in [0.15, 0.2) is 16.9 Å². The molecular weight excluding hydrogens is 460 g/mol. The van der Waals surface area contributed by atoms with Gasteiger partial charge < -0.3 is 24.7 Å². The molecule has 1 amide bonds. The molecule has 3 aromatic heterocycles. The SMILES string of the molecule is CC(C)NC(=O)Oc1c[nH]c2ncc(-c3nn(CCCN(C)C)c4ccc(OC(F)F)cc34)nc12. The number of H-pyrrole nitrogens is 1. The van der Waals surface area contributed by atoms with E-state index in [0.29, 0.717) is 34.5 Å². The number of aromatic amines is 1. The van der Waals surface area contributed by atoms with Gasteiger partial charge in [0.05, 0.1) is 11.7 Å². The number of hydrogen-bond donors (Lipinski definition) is 2. The fourth-order valence-electron chi connectivity index (χ4n) is 3.66. The van der Waals surface area contributed by atoms with Crippen molar-refractivity contribution in [3.05, 3.63) is 30.6 Å². The number of aryl methyl sites for hydroxylation is 1. The fraction of sp³-hybridized carbons (Fsp3) is 0.391. The van der Waals surface area contributed by atoms with E-state index < -0.39 is 12.7 Å². The number of hydrogen-bond acceptors (Lipinski definition) is 7. The van der Waals surface area contributed by atoms with Gasteiger partial charge in [0.2, 0.25) is 0 Å². The molecule has 0 spiro atoms. The minimum Gasteiger partial charge on any atom is -0.435 e. The molecule has 0 atom stereocenters. The average molecular weight is 488 g/mol. The minimum absolute atomic E-state index is 0.0200. The number of nitrogens with zero attached hydrogens (tertiary/aromatic N) is 5. The molecule has 0 saturated heterocycles. The number of aromatic nitrogens is 5. The Labute approximate surface area is 200 Å². The molecular formula is C23H27F2N7O3. The summed E-state index contributed by atoms with van der Waals surface area (Å²) in [6.45, 7) is 2.17. The Morgan fingerprint density at radius 2 is 2.09 bits per heavy atom. The average Bonchev–Trinajstić information content (AvgIpc) is 3.33. The van der Waals surface area contributed by atoms with Gasteiger partial charge in [-0.1, -0.05) is 0 Å². The van der Waals surface area contributed by atoms with Crippen LogP contribution in [0.2, 0.25) is 0 Å². The van der Waals surface area contributed by atoms with Crippen LogP contribution in [0.15, 0.2) is 30.6 Å². The summed E-state index contributed by atoms with van der Waals surface area (Å²) < 4.78 is 37.5. The van der Waals surface area contributed by atoms with Crippen LogP contribution in [0, 0.1) is 0 Å². The van der Waals surface area contributed by atoms with E-state index in [1.54, 1.807) is 6.07 Å². The van der Waals surface area contributed by atoms with Crippen molar-refractivity contribution in [1.82, 2.24) is 34.9 Å². The Kier molecular flexibility index (Phi) is 7.10. The van der Waals surface area contributed by atoms with Gasteiger partial charge >= 0.3 is 12.7 Å². The zero-order valence-electron chi connectivity index (χ0n) is 19.9. The summed E-state index contributed by atoms with van der Waals surface area (Å²) in [5.41, 5.74) is 2.38. The third-order valence-electron chi connectivity index (χ3n) is 5.12. The Morgan fingerprint density at radius 3 is 2.80 bits per heavy atom. The molecule has 1 aromatic carbocycles. The summed E-state index contributed by atoms with van der Waals surface area (Å²) >= 11 is 0. The first-order chi connectivity index (χ1) is 16.7. The number of carbonyl (C=O) groups excluding carboxylic acids is 1. The third kappa shape index (κ3) is 5.65. The van der Waals surface area contributed by atoms with E-state index >= 15 is 0 Å². The molecule has 2 N–H and O–H groups in total. The first-order valence-electron chi connectivity index (χ1n) is 11.1. The topological polar surface area (TPSA) is 110 Å². The Hall–Kier alpha value is -3.80. The molecule has 35 heavy (non-hydrogen) atoms. The molecule has 0 aliphatic carbocycles. The van der Waals surface area contributed by atoms with E-state index in [0.717, 1.165) is 18.5 Å². The Morgan fingerprint density at radius 1 is 1.29 bits per heavy atom. The predicted molar refractivity (Wildman–Crippen MR) is 127 cm³/mol. The van der Waals surface area contributed by atoms with Gasteiger partial charge in [-0.2, -0.15) is 13.9 Å². The summed E-state index contributed by atoms with van der Waals surface area (Å²) in [5.74, 6) is 0.232. The van der Waals surface area contributed by atoms with Crippen LogP contribution in [0.1, 0.15) is 20.3 Å². The first kappa shape index (κ1) is 24.3. The summed E-state index contributed by atoms with van der Waals surface area (Å²) in [4.78, 5) is 26.1. The molecule has 0 aliphatic rings. The highest BCUT2D eigenvalue weighted by atomic mass is 19.3. The number of nitrogens with one attached hydrogen (secondary N) is 2. The van der Waals surface area contributed by atoms with E-state index in [2.05, 4.69) is 29.9 Å². The van der Waals surface area contributed by atoms with Crippen LogP contribution < -0.4 is 14.8 Å². The lowest BCUT2D eigenvalue weighted by molar-refractivity contribution is -0.0497.